The number of Topliss-reactive ketones (excluding diaryl/α,β-unsaturated/α-hetero) is 1. The highest BCUT2D eigenvalue weighted by Crippen LogP contribution is 2.29. The van der Waals surface area contributed by atoms with Crippen molar-refractivity contribution in [2.45, 2.75) is 59.4 Å². The van der Waals surface area contributed by atoms with E-state index in [0.717, 1.165) is 6.42 Å². The summed E-state index contributed by atoms with van der Waals surface area (Å²) in [6.07, 6.45) is 1.08. The summed E-state index contributed by atoms with van der Waals surface area (Å²) in [7, 11) is 0. The lowest BCUT2D eigenvalue weighted by Gasteiger charge is -2.33. The third kappa shape index (κ3) is 5.86. The zero-order valence-electron chi connectivity index (χ0n) is 16.2. The second kappa shape index (κ2) is 7.48. The lowest BCUT2D eigenvalue weighted by molar-refractivity contribution is -0.123. The fourth-order valence-electron chi connectivity index (χ4n) is 3.44. The fraction of sp³-hybridized carbons (Fsp3) is 0.550. The minimum Gasteiger partial charge on any atom is -0.482 e. The van der Waals surface area contributed by atoms with Crippen molar-refractivity contribution in [1.29, 1.82) is 0 Å². The molecule has 0 fully saturated rings. The standard InChI is InChI=1S/C20H28N2O4/c1-19(2,3)12-20(4,5)22-17(24)9-7-15(23)13-6-8-16-14(10-13)21-18(25)11-26-16/h6,8,10H,7,9,11-12H2,1-5H3,(H,21,25)(H,22,24). The van der Waals surface area contributed by atoms with Gasteiger partial charge in [0, 0.05) is 23.9 Å². The van der Waals surface area contributed by atoms with E-state index >= 15 is 0 Å². The molecule has 0 unspecified atom stereocenters. The lowest BCUT2D eigenvalue weighted by atomic mass is 9.81. The second-order valence-corrected chi connectivity index (χ2v) is 8.64. The van der Waals surface area contributed by atoms with Crippen LogP contribution in [-0.4, -0.2) is 29.7 Å². The van der Waals surface area contributed by atoms with Crippen LogP contribution in [0.15, 0.2) is 18.2 Å². The van der Waals surface area contributed by atoms with E-state index in [4.69, 9.17) is 4.74 Å². The topological polar surface area (TPSA) is 84.5 Å². The molecule has 1 aromatic rings. The molecule has 0 aliphatic carbocycles. The molecule has 142 valence electrons. The van der Waals surface area contributed by atoms with Crippen molar-refractivity contribution in [1.82, 2.24) is 5.32 Å². The van der Waals surface area contributed by atoms with Gasteiger partial charge in [-0.05, 0) is 43.9 Å². The molecule has 2 N–H and O–H groups in total. The van der Waals surface area contributed by atoms with Gasteiger partial charge in [-0.25, -0.2) is 0 Å². The van der Waals surface area contributed by atoms with Gasteiger partial charge >= 0.3 is 0 Å². The SMILES string of the molecule is CC(C)(C)CC(C)(C)NC(=O)CCC(=O)c1ccc2c(c1)NC(=O)CO2. The lowest BCUT2D eigenvalue weighted by Crippen LogP contribution is -2.45. The van der Waals surface area contributed by atoms with Crippen LogP contribution in [0, 0.1) is 5.41 Å². The number of hydrogen-bond acceptors (Lipinski definition) is 4. The van der Waals surface area contributed by atoms with Gasteiger partial charge < -0.3 is 15.4 Å². The predicted molar refractivity (Wildman–Crippen MR) is 100 cm³/mol. The van der Waals surface area contributed by atoms with Crippen LogP contribution in [0.3, 0.4) is 0 Å². The molecule has 0 spiro atoms. The van der Waals surface area contributed by atoms with Gasteiger partial charge in [0.05, 0.1) is 5.69 Å². The molecule has 1 heterocycles. The van der Waals surface area contributed by atoms with E-state index in [1.807, 2.05) is 13.8 Å². The minimum absolute atomic E-state index is 0.0230. The molecule has 26 heavy (non-hydrogen) atoms. The average molecular weight is 360 g/mol. The molecule has 6 nitrogen and oxygen atoms in total. The Morgan fingerprint density at radius 2 is 1.85 bits per heavy atom. The van der Waals surface area contributed by atoms with E-state index in [1.54, 1.807) is 18.2 Å². The van der Waals surface area contributed by atoms with Gasteiger partial charge in [-0.2, -0.15) is 0 Å². The van der Waals surface area contributed by atoms with E-state index in [2.05, 4.69) is 31.4 Å². The Kier molecular flexibility index (Phi) is 5.74. The third-order valence-corrected chi connectivity index (χ3v) is 3.96. The first-order chi connectivity index (χ1) is 12.0. The van der Waals surface area contributed by atoms with Crippen molar-refractivity contribution < 1.29 is 19.1 Å². The molecule has 6 heteroatoms. The Hall–Kier alpha value is -2.37. The van der Waals surface area contributed by atoms with Crippen LogP contribution in [0.2, 0.25) is 0 Å². The summed E-state index contributed by atoms with van der Waals surface area (Å²) < 4.78 is 5.28. The highest BCUT2D eigenvalue weighted by molar-refractivity contribution is 6.01. The van der Waals surface area contributed by atoms with Gasteiger partial charge in [0.1, 0.15) is 5.75 Å². The van der Waals surface area contributed by atoms with E-state index in [9.17, 15) is 14.4 Å². The quantitative estimate of drug-likeness (QED) is 0.762. The van der Waals surface area contributed by atoms with Crippen molar-refractivity contribution in [2.24, 2.45) is 5.41 Å². The molecule has 0 radical (unpaired) electrons. The van der Waals surface area contributed by atoms with Crippen molar-refractivity contribution >= 4 is 23.3 Å². The molecule has 1 aliphatic heterocycles. The highest BCUT2D eigenvalue weighted by Gasteiger charge is 2.27. The molecule has 1 aliphatic rings. The van der Waals surface area contributed by atoms with Gasteiger partial charge in [0.15, 0.2) is 12.4 Å². The molecule has 2 rings (SSSR count). The number of benzene rings is 1. The number of amides is 2. The Balaban J connectivity index is 1.91. The van der Waals surface area contributed by atoms with E-state index in [-0.39, 0.29) is 48.0 Å². The number of ketones is 1. The normalized spacial score (nSPS) is 14.1. The molecule has 0 atom stereocenters. The van der Waals surface area contributed by atoms with Crippen molar-refractivity contribution in [3.8, 4) is 5.75 Å². The molecule has 1 aromatic carbocycles. The molecule has 0 bridgehead atoms. The summed E-state index contributed by atoms with van der Waals surface area (Å²) in [5, 5.41) is 5.68. The molecule has 2 amide bonds. The monoisotopic (exact) mass is 360 g/mol. The van der Waals surface area contributed by atoms with Crippen molar-refractivity contribution in [3.05, 3.63) is 23.8 Å². The number of anilines is 1. The zero-order chi connectivity index (χ0) is 19.5. The van der Waals surface area contributed by atoms with Crippen LogP contribution in [0.5, 0.6) is 5.75 Å². The van der Waals surface area contributed by atoms with Crippen molar-refractivity contribution in [3.63, 3.8) is 0 Å². The number of fused-ring (bicyclic) bond motifs is 1. The van der Waals surface area contributed by atoms with Crippen LogP contribution in [0.4, 0.5) is 5.69 Å². The van der Waals surface area contributed by atoms with Crippen LogP contribution >= 0.6 is 0 Å². The molecular formula is C20H28N2O4. The number of rotatable bonds is 6. The third-order valence-electron chi connectivity index (χ3n) is 3.96. The molecule has 0 aromatic heterocycles. The first-order valence-electron chi connectivity index (χ1n) is 8.86. The van der Waals surface area contributed by atoms with Gasteiger partial charge in [0.25, 0.3) is 5.91 Å². The highest BCUT2D eigenvalue weighted by atomic mass is 16.5. The first kappa shape index (κ1) is 19.9. The summed E-state index contributed by atoms with van der Waals surface area (Å²) in [6, 6.07) is 4.91. The van der Waals surface area contributed by atoms with E-state index in [1.165, 1.54) is 0 Å². The summed E-state index contributed by atoms with van der Waals surface area (Å²) in [5.41, 5.74) is 0.716. The molecular weight excluding hydrogens is 332 g/mol. The summed E-state index contributed by atoms with van der Waals surface area (Å²) in [6.45, 7) is 10.3. The second-order valence-electron chi connectivity index (χ2n) is 8.64. The molecule has 0 saturated carbocycles. The van der Waals surface area contributed by atoms with Crippen LogP contribution in [0.25, 0.3) is 0 Å². The maximum Gasteiger partial charge on any atom is 0.262 e. The summed E-state index contributed by atoms with van der Waals surface area (Å²) >= 11 is 0. The van der Waals surface area contributed by atoms with E-state index in [0.29, 0.717) is 17.0 Å². The number of carbonyl (C=O) groups is 3. The Morgan fingerprint density at radius 3 is 2.50 bits per heavy atom. The Bertz CT molecular complexity index is 717. The maximum atomic E-state index is 12.4. The molecule has 0 saturated heterocycles. The van der Waals surface area contributed by atoms with Gasteiger partial charge in [-0.15, -0.1) is 0 Å². The van der Waals surface area contributed by atoms with Crippen LogP contribution in [0.1, 0.15) is 64.2 Å². The smallest absolute Gasteiger partial charge is 0.262 e. The Morgan fingerprint density at radius 1 is 1.15 bits per heavy atom. The average Bonchev–Trinajstić information content (AvgIpc) is 2.48. The minimum atomic E-state index is -0.328. The van der Waals surface area contributed by atoms with Gasteiger partial charge in [-0.3, -0.25) is 14.4 Å². The Labute approximate surface area is 154 Å². The van der Waals surface area contributed by atoms with Crippen molar-refractivity contribution in [2.75, 3.05) is 11.9 Å². The van der Waals surface area contributed by atoms with Gasteiger partial charge in [0.2, 0.25) is 5.91 Å². The number of ether oxygens (including phenoxy) is 1. The van der Waals surface area contributed by atoms with Crippen LogP contribution < -0.4 is 15.4 Å². The maximum absolute atomic E-state index is 12.4. The number of hydrogen-bond donors (Lipinski definition) is 2. The van der Waals surface area contributed by atoms with Crippen LogP contribution in [-0.2, 0) is 9.59 Å². The summed E-state index contributed by atoms with van der Waals surface area (Å²) in [4.78, 5) is 36.0. The van der Waals surface area contributed by atoms with E-state index < -0.39 is 0 Å². The largest absolute Gasteiger partial charge is 0.482 e. The van der Waals surface area contributed by atoms with Gasteiger partial charge in [-0.1, -0.05) is 20.8 Å². The zero-order valence-corrected chi connectivity index (χ0v) is 16.2. The summed E-state index contributed by atoms with van der Waals surface area (Å²) in [5.74, 6) is 0.0176. The number of carbonyl (C=O) groups excluding carboxylic acids is 3. The predicted octanol–water partition coefficient (Wildman–Crippen LogP) is 3.31. The number of nitrogens with one attached hydrogen (secondary N) is 2. The first-order valence-corrected chi connectivity index (χ1v) is 8.86. The fourth-order valence-corrected chi connectivity index (χ4v) is 3.44.